The number of piperidine rings is 1. The minimum absolute atomic E-state index is 0.0201. The number of pyridine rings is 1. The molecule has 0 aliphatic carbocycles. The van der Waals surface area contributed by atoms with Crippen LogP contribution in [-0.4, -0.2) is 49.3 Å². The summed E-state index contributed by atoms with van der Waals surface area (Å²) in [5, 5.41) is 4.74. The van der Waals surface area contributed by atoms with Crippen molar-refractivity contribution < 1.29 is 4.74 Å². The summed E-state index contributed by atoms with van der Waals surface area (Å²) in [7, 11) is 1.75. The Bertz CT molecular complexity index is 1150. The van der Waals surface area contributed by atoms with Crippen LogP contribution < -0.4 is 10.9 Å². The third kappa shape index (κ3) is 5.37. The molecule has 1 aliphatic rings. The van der Waals surface area contributed by atoms with Gasteiger partial charge in [-0.3, -0.25) is 9.69 Å². The van der Waals surface area contributed by atoms with Crippen LogP contribution in [0.15, 0.2) is 47.3 Å². The largest absolute Gasteiger partial charge is 0.383 e. The Balaban J connectivity index is 1.68. The molecule has 3 aromatic rings. The highest BCUT2D eigenvalue weighted by molar-refractivity contribution is 5.80. The van der Waals surface area contributed by atoms with Gasteiger partial charge in [-0.15, -0.1) is 0 Å². The van der Waals surface area contributed by atoms with Gasteiger partial charge in [0, 0.05) is 43.9 Å². The lowest BCUT2D eigenvalue weighted by atomic mass is 9.90. The fraction of sp³-hybridized carbons (Fsp3) is 0.464. The Hall–Kier alpha value is -2.47. The second-order valence-electron chi connectivity index (χ2n) is 9.34. The molecular weight excluding hydrogens is 410 g/mol. The number of likely N-dealkylation sites (tertiary alicyclic amines) is 1. The molecule has 1 atom stereocenters. The predicted octanol–water partition coefficient (Wildman–Crippen LogP) is 4.50. The Morgan fingerprint density at radius 1 is 1.12 bits per heavy atom. The average Bonchev–Trinajstić information content (AvgIpc) is 2.81. The molecule has 4 rings (SSSR count). The number of nitrogens with zero attached hydrogens (tertiary/aromatic N) is 1. The quantitative estimate of drug-likeness (QED) is 0.500. The fourth-order valence-corrected chi connectivity index (χ4v) is 5.15. The lowest BCUT2D eigenvalue weighted by molar-refractivity contribution is 0.151. The number of H-pyrrole nitrogens is 1. The number of fused-ring (bicyclic) bond motifs is 1. The van der Waals surface area contributed by atoms with Crippen LogP contribution in [0.3, 0.4) is 0 Å². The van der Waals surface area contributed by atoms with E-state index in [2.05, 4.69) is 71.5 Å². The minimum atomic E-state index is 0.0201. The zero-order chi connectivity index (χ0) is 23.4. The monoisotopic (exact) mass is 447 g/mol. The molecule has 1 unspecified atom stereocenters. The maximum absolute atomic E-state index is 12.3. The van der Waals surface area contributed by atoms with Crippen molar-refractivity contribution in [3.05, 3.63) is 80.6 Å². The molecule has 1 aromatic heterocycles. The Labute approximate surface area is 197 Å². The van der Waals surface area contributed by atoms with Crippen LogP contribution in [0.2, 0.25) is 0 Å². The van der Waals surface area contributed by atoms with Gasteiger partial charge in [0.2, 0.25) is 0 Å². The topological polar surface area (TPSA) is 57.4 Å². The first-order valence-electron chi connectivity index (χ1n) is 12.2. The van der Waals surface area contributed by atoms with Gasteiger partial charge in [0.1, 0.15) is 0 Å². The molecule has 1 fully saturated rings. The van der Waals surface area contributed by atoms with Crippen molar-refractivity contribution in [1.82, 2.24) is 15.2 Å². The number of benzene rings is 2. The van der Waals surface area contributed by atoms with Crippen LogP contribution in [0.25, 0.3) is 10.9 Å². The van der Waals surface area contributed by atoms with Gasteiger partial charge in [-0.1, -0.05) is 36.8 Å². The normalized spacial score (nSPS) is 16.4. The van der Waals surface area contributed by atoms with Gasteiger partial charge in [-0.2, -0.15) is 0 Å². The lowest BCUT2D eigenvalue weighted by Gasteiger charge is -2.39. The van der Waals surface area contributed by atoms with E-state index in [0.717, 1.165) is 62.0 Å². The highest BCUT2D eigenvalue weighted by Crippen LogP contribution is 2.34. The van der Waals surface area contributed by atoms with Crippen LogP contribution in [0.5, 0.6) is 0 Å². The minimum Gasteiger partial charge on any atom is -0.383 e. The summed E-state index contributed by atoms with van der Waals surface area (Å²) in [5.74, 6) is 0. The number of rotatable bonds is 8. The van der Waals surface area contributed by atoms with Crippen LogP contribution in [-0.2, 0) is 11.2 Å². The molecule has 2 heterocycles. The average molecular weight is 448 g/mol. The van der Waals surface area contributed by atoms with E-state index in [1.807, 2.05) is 6.92 Å². The van der Waals surface area contributed by atoms with Gasteiger partial charge < -0.3 is 15.0 Å². The van der Waals surface area contributed by atoms with Crippen molar-refractivity contribution in [1.29, 1.82) is 0 Å². The first-order chi connectivity index (χ1) is 16.0. The Morgan fingerprint density at radius 3 is 2.61 bits per heavy atom. The first-order valence-corrected chi connectivity index (χ1v) is 12.2. The molecule has 2 aromatic carbocycles. The molecule has 0 radical (unpaired) electrons. The van der Waals surface area contributed by atoms with Crippen LogP contribution in [0.1, 0.15) is 53.6 Å². The van der Waals surface area contributed by atoms with E-state index < -0.39 is 0 Å². The molecule has 176 valence electrons. The first kappa shape index (κ1) is 23.7. The number of ether oxygens (including phenoxy) is 1. The molecule has 0 bridgehead atoms. The van der Waals surface area contributed by atoms with E-state index in [-0.39, 0.29) is 11.6 Å². The highest BCUT2D eigenvalue weighted by atomic mass is 16.5. The van der Waals surface area contributed by atoms with Crippen LogP contribution in [0, 0.1) is 13.8 Å². The van der Waals surface area contributed by atoms with E-state index >= 15 is 0 Å². The summed E-state index contributed by atoms with van der Waals surface area (Å²) in [5.41, 5.74) is 7.04. The molecule has 2 N–H and O–H groups in total. The Morgan fingerprint density at radius 2 is 1.91 bits per heavy atom. The summed E-state index contributed by atoms with van der Waals surface area (Å²) >= 11 is 0. The molecule has 1 saturated heterocycles. The number of nitrogens with one attached hydrogen (secondary N) is 2. The number of aromatic amines is 1. The zero-order valence-electron chi connectivity index (χ0n) is 20.4. The molecule has 5 nitrogen and oxygen atoms in total. The third-order valence-electron chi connectivity index (χ3n) is 7.00. The van der Waals surface area contributed by atoms with Gasteiger partial charge >= 0.3 is 0 Å². The summed E-state index contributed by atoms with van der Waals surface area (Å²) < 4.78 is 5.19. The van der Waals surface area contributed by atoms with Crippen LogP contribution >= 0.6 is 0 Å². The number of aryl methyl sites for hydroxylation is 3. The summed E-state index contributed by atoms with van der Waals surface area (Å²) in [6.45, 7) is 10.2. The van der Waals surface area contributed by atoms with Gasteiger partial charge in [0.25, 0.3) is 5.56 Å². The smallest absolute Gasteiger partial charge is 0.251 e. The molecule has 0 saturated carbocycles. The Kier molecular flexibility index (Phi) is 7.63. The van der Waals surface area contributed by atoms with Crippen molar-refractivity contribution in [2.75, 3.05) is 33.4 Å². The second kappa shape index (κ2) is 10.6. The maximum Gasteiger partial charge on any atom is 0.251 e. The zero-order valence-corrected chi connectivity index (χ0v) is 20.4. The van der Waals surface area contributed by atoms with Crippen molar-refractivity contribution in [2.24, 2.45) is 0 Å². The standard InChI is InChI=1S/C28H37N3O2/c1-5-21-17-23-18-22(7-9-26(23)30-28(21)32)27(25-8-6-19(2)16-20(25)3)31-13-10-24(11-14-31)29-12-15-33-4/h6-9,16-18,24,27,29H,5,10-15H2,1-4H3,(H,30,32). The molecule has 1 aliphatic heterocycles. The van der Waals surface area contributed by atoms with Gasteiger partial charge in [-0.25, -0.2) is 0 Å². The van der Waals surface area contributed by atoms with Crippen molar-refractivity contribution in [2.45, 2.75) is 52.1 Å². The molecular formula is C28H37N3O2. The SMILES string of the molecule is CCc1cc2cc(C(c3ccc(C)cc3C)N3CCC(NCCOC)CC3)ccc2[nH]c1=O. The van der Waals surface area contributed by atoms with Gasteiger partial charge in [-0.05, 0) is 73.4 Å². The van der Waals surface area contributed by atoms with Crippen molar-refractivity contribution in [3.8, 4) is 0 Å². The van der Waals surface area contributed by atoms with E-state index in [1.54, 1.807) is 7.11 Å². The highest BCUT2D eigenvalue weighted by Gasteiger charge is 2.28. The number of methoxy groups -OCH3 is 1. The lowest BCUT2D eigenvalue weighted by Crippen LogP contribution is -2.45. The van der Waals surface area contributed by atoms with E-state index in [1.165, 1.54) is 22.3 Å². The number of hydrogen-bond donors (Lipinski definition) is 2. The van der Waals surface area contributed by atoms with Crippen LogP contribution in [0.4, 0.5) is 0 Å². The van der Waals surface area contributed by atoms with E-state index in [0.29, 0.717) is 6.04 Å². The molecule has 5 heteroatoms. The third-order valence-corrected chi connectivity index (χ3v) is 7.00. The summed E-state index contributed by atoms with van der Waals surface area (Å²) in [6.07, 6.45) is 3.00. The maximum atomic E-state index is 12.3. The van der Waals surface area contributed by atoms with Crippen molar-refractivity contribution in [3.63, 3.8) is 0 Å². The summed E-state index contributed by atoms with van der Waals surface area (Å²) in [6, 6.07) is 16.2. The van der Waals surface area contributed by atoms with E-state index in [4.69, 9.17) is 4.74 Å². The fourth-order valence-electron chi connectivity index (χ4n) is 5.15. The number of hydrogen-bond acceptors (Lipinski definition) is 4. The van der Waals surface area contributed by atoms with Gasteiger partial charge in [0.15, 0.2) is 0 Å². The van der Waals surface area contributed by atoms with Gasteiger partial charge in [0.05, 0.1) is 12.6 Å². The molecule has 0 amide bonds. The summed E-state index contributed by atoms with van der Waals surface area (Å²) in [4.78, 5) is 18.0. The number of aromatic nitrogens is 1. The van der Waals surface area contributed by atoms with Crippen molar-refractivity contribution >= 4 is 10.9 Å². The predicted molar refractivity (Wildman–Crippen MR) is 136 cm³/mol. The van der Waals surface area contributed by atoms with E-state index in [9.17, 15) is 4.79 Å². The molecule has 0 spiro atoms. The second-order valence-corrected chi connectivity index (χ2v) is 9.34. The molecule has 33 heavy (non-hydrogen) atoms.